The summed E-state index contributed by atoms with van der Waals surface area (Å²) in [4.78, 5) is 4.38. The molecular weight excluding hydrogens is 226 g/mol. The maximum absolute atomic E-state index is 9.88. The Morgan fingerprint density at radius 2 is 2.22 bits per heavy atom. The molecule has 0 aromatic carbocycles. The van der Waals surface area contributed by atoms with Crippen LogP contribution in [0.4, 0.5) is 0 Å². The summed E-state index contributed by atoms with van der Waals surface area (Å²) in [5, 5.41) is 14.5. The maximum atomic E-state index is 9.88. The third kappa shape index (κ3) is 2.91. The predicted octanol–water partition coefficient (Wildman–Crippen LogP) is 2.90. The molecule has 3 unspecified atom stereocenters. The van der Waals surface area contributed by atoms with E-state index in [0.29, 0.717) is 17.9 Å². The van der Waals surface area contributed by atoms with Gasteiger partial charge in [-0.05, 0) is 31.6 Å². The largest absolute Gasteiger partial charge is 0.393 e. The smallest absolute Gasteiger partial charge is 0.153 e. The molecule has 0 bridgehead atoms. The van der Waals surface area contributed by atoms with Gasteiger partial charge < -0.3 is 5.11 Å². The second-order valence-electron chi connectivity index (χ2n) is 5.82. The zero-order valence-electron chi connectivity index (χ0n) is 11.7. The fourth-order valence-electron chi connectivity index (χ4n) is 2.93. The number of hydrogen-bond acceptors (Lipinski definition) is 3. The van der Waals surface area contributed by atoms with E-state index in [4.69, 9.17) is 0 Å². The van der Waals surface area contributed by atoms with Crippen LogP contribution < -0.4 is 0 Å². The molecule has 0 aliphatic heterocycles. The van der Waals surface area contributed by atoms with Gasteiger partial charge in [0.25, 0.3) is 0 Å². The van der Waals surface area contributed by atoms with Crippen molar-refractivity contribution in [1.29, 1.82) is 0 Å². The minimum atomic E-state index is -0.171. The van der Waals surface area contributed by atoms with E-state index in [1.165, 1.54) is 12.8 Å². The molecule has 2 rings (SSSR count). The van der Waals surface area contributed by atoms with Crippen molar-refractivity contribution in [3.05, 3.63) is 12.2 Å². The molecule has 0 radical (unpaired) electrons. The Morgan fingerprint density at radius 1 is 1.44 bits per heavy atom. The number of aromatic nitrogens is 3. The van der Waals surface area contributed by atoms with E-state index in [1.54, 1.807) is 0 Å². The van der Waals surface area contributed by atoms with Gasteiger partial charge in [0.05, 0.1) is 12.1 Å². The van der Waals surface area contributed by atoms with E-state index >= 15 is 0 Å². The predicted molar refractivity (Wildman–Crippen MR) is 71.4 cm³/mol. The van der Waals surface area contributed by atoms with Crippen LogP contribution in [0.3, 0.4) is 0 Å². The van der Waals surface area contributed by atoms with Crippen LogP contribution in [-0.2, 0) is 0 Å². The molecule has 0 spiro atoms. The van der Waals surface area contributed by atoms with E-state index in [0.717, 1.165) is 25.1 Å². The molecule has 1 aromatic rings. The zero-order chi connectivity index (χ0) is 13.1. The second-order valence-corrected chi connectivity index (χ2v) is 5.82. The number of hydrogen-bond donors (Lipinski definition) is 1. The van der Waals surface area contributed by atoms with E-state index in [9.17, 15) is 5.11 Å². The lowest BCUT2D eigenvalue weighted by atomic mass is 9.80. The first kappa shape index (κ1) is 13.5. The maximum Gasteiger partial charge on any atom is 0.153 e. The first-order valence-electron chi connectivity index (χ1n) is 7.21. The molecule has 1 fully saturated rings. The average Bonchev–Trinajstić information content (AvgIpc) is 2.81. The summed E-state index contributed by atoms with van der Waals surface area (Å²) in [6.07, 6.45) is 6.96. The minimum absolute atomic E-state index is 0.171. The Hall–Kier alpha value is -0.900. The van der Waals surface area contributed by atoms with Crippen LogP contribution >= 0.6 is 0 Å². The van der Waals surface area contributed by atoms with E-state index < -0.39 is 0 Å². The number of aliphatic hydroxyl groups excluding tert-OH is 1. The van der Waals surface area contributed by atoms with Crippen LogP contribution in [0.2, 0.25) is 0 Å². The van der Waals surface area contributed by atoms with Crippen molar-refractivity contribution >= 4 is 0 Å². The number of rotatable bonds is 4. The van der Waals surface area contributed by atoms with Crippen molar-refractivity contribution in [2.24, 2.45) is 5.92 Å². The molecule has 1 aliphatic carbocycles. The van der Waals surface area contributed by atoms with Crippen LogP contribution in [0.5, 0.6) is 0 Å². The fraction of sp³-hybridized carbons (Fsp3) is 0.857. The van der Waals surface area contributed by atoms with Crippen molar-refractivity contribution in [2.45, 2.75) is 70.9 Å². The van der Waals surface area contributed by atoms with Crippen molar-refractivity contribution in [3.8, 4) is 0 Å². The summed E-state index contributed by atoms with van der Waals surface area (Å²) in [7, 11) is 0. The molecule has 1 aromatic heterocycles. The van der Waals surface area contributed by atoms with Gasteiger partial charge in [-0.1, -0.05) is 27.2 Å². The van der Waals surface area contributed by atoms with Gasteiger partial charge in [-0.3, -0.25) is 0 Å². The highest BCUT2D eigenvalue weighted by Crippen LogP contribution is 2.36. The molecule has 0 saturated heterocycles. The van der Waals surface area contributed by atoms with Gasteiger partial charge in [-0.15, -0.1) is 0 Å². The normalized spacial score (nSPS) is 28.8. The number of aliphatic hydroxyl groups is 1. The van der Waals surface area contributed by atoms with Gasteiger partial charge in [0, 0.05) is 5.92 Å². The summed E-state index contributed by atoms with van der Waals surface area (Å²) >= 11 is 0. The highest BCUT2D eigenvalue weighted by molar-refractivity contribution is 4.92. The zero-order valence-corrected chi connectivity index (χ0v) is 11.7. The summed E-state index contributed by atoms with van der Waals surface area (Å²) in [5.41, 5.74) is 0. The standard InChI is InChI=1S/C14H25N3O/c1-4-5-11-6-7-12(18)8-13(11)17-9-15-14(16-17)10(2)3/h9-13,18H,4-8H2,1-3H3. The van der Waals surface area contributed by atoms with Crippen molar-refractivity contribution in [3.63, 3.8) is 0 Å². The van der Waals surface area contributed by atoms with Crippen LogP contribution in [-0.4, -0.2) is 26.0 Å². The van der Waals surface area contributed by atoms with E-state index in [2.05, 4.69) is 30.9 Å². The molecule has 4 heteroatoms. The molecular formula is C14H25N3O. The molecule has 1 N–H and O–H groups in total. The quantitative estimate of drug-likeness (QED) is 0.895. The Bertz CT molecular complexity index is 375. The average molecular weight is 251 g/mol. The third-order valence-corrected chi connectivity index (χ3v) is 3.97. The molecule has 1 heterocycles. The highest BCUT2D eigenvalue weighted by atomic mass is 16.3. The minimum Gasteiger partial charge on any atom is -0.393 e. The lowest BCUT2D eigenvalue weighted by Crippen LogP contribution is -2.30. The first-order chi connectivity index (χ1) is 8.61. The van der Waals surface area contributed by atoms with Crippen molar-refractivity contribution < 1.29 is 5.11 Å². The molecule has 1 saturated carbocycles. The monoisotopic (exact) mass is 251 g/mol. The topological polar surface area (TPSA) is 50.9 Å². The van der Waals surface area contributed by atoms with Gasteiger partial charge >= 0.3 is 0 Å². The summed E-state index contributed by atoms with van der Waals surface area (Å²) in [6.45, 7) is 6.45. The summed E-state index contributed by atoms with van der Waals surface area (Å²) in [6, 6.07) is 0.327. The second kappa shape index (κ2) is 5.83. The highest BCUT2D eigenvalue weighted by Gasteiger charge is 2.31. The van der Waals surface area contributed by atoms with E-state index in [-0.39, 0.29) is 6.10 Å². The van der Waals surface area contributed by atoms with Gasteiger partial charge in [-0.25, -0.2) is 9.67 Å². The lowest BCUT2D eigenvalue weighted by molar-refractivity contribution is 0.0646. The van der Waals surface area contributed by atoms with Crippen LogP contribution in [0.15, 0.2) is 6.33 Å². The van der Waals surface area contributed by atoms with Crippen LogP contribution in [0.1, 0.15) is 70.7 Å². The Morgan fingerprint density at radius 3 is 2.83 bits per heavy atom. The van der Waals surface area contributed by atoms with Crippen molar-refractivity contribution in [1.82, 2.24) is 14.8 Å². The first-order valence-corrected chi connectivity index (χ1v) is 7.21. The molecule has 102 valence electrons. The SMILES string of the molecule is CCCC1CCC(O)CC1n1cnc(C(C)C)n1. The van der Waals surface area contributed by atoms with Gasteiger partial charge in [0.1, 0.15) is 6.33 Å². The molecule has 3 atom stereocenters. The molecule has 0 amide bonds. The Kier molecular flexibility index (Phi) is 4.38. The van der Waals surface area contributed by atoms with Gasteiger partial charge in [-0.2, -0.15) is 5.10 Å². The van der Waals surface area contributed by atoms with Gasteiger partial charge in [0.15, 0.2) is 5.82 Å². The van der Waals surface area contributed by atoms with Crippen molar-refractivity contribution in [2.75, 3.05) is 0 Å². The third-order valence-electron chi connectivity index (χ3n) is 3.97. The molecule has 4 nitrogen and oxygen atoms in total. The Labute approximate surface area is 109 Å². The Balaban J connectivity index is 2.15. The van der Waals surface area contributed by atoms with Gasteiger partial charge in [0.2, 0.25) is 0 Å². The lowest BCUT2D eigenvalue weighted by Gasteiger charge is -2.34. The summed E-state index contributed by atoms with van der Waals surface area (Å²) < 4.78 is 2.00. The number of nitrogens with zero attached hydrogens (tertiary/aromatic N) is 3. The van der Waals surface area contributed by atoms with E-state index in [1.807, 2.05) is 11.0 Å². The van der Waals surface area contributed by atoms with Crippen LogP contribution in [0.25, 0.3) is 0 Å². The van der Waals surface area contributed by atoms with Crippen LogP contribution in [0, 0.1) is 5.92 Å². The summed E-state index contributed by atoms with van der Waals surface area (Å²) in [5.74, 6) is 1.91. The molecule has 18 heavy (non-hydrogen) atoms. The fourth-order valence-corrected chi connectivity index (χ4v) is 2.93. The molecule has 1 aliphatic rings.